The molecular weight excluding hydrogens is 584 g/mol. The van der Waals surface area contributed by atoms with E-state index in [0.717, 1.165) is 12.8 Å². The van der Waals surface area contributed by atoms with Crippen molar-refractivity contribution < 1.29 is 52.8 Å². The van der Waals surface area contributed by atoms with Crippen LogP contribution in [0.3, 0.4) is 0 Å². The molecule has 2 rings (SSSR count). The maximum atomic E-state index is 12.0. The number of ether oxygens (including phenoxy) is 4. The number of esters is 5. The fraction of sp³-hybridized carbons (Fsp3) is 0.412. The largest absolute Gasteiger partial charge is 0.481 e. The van der Waals surface area contributed by atoms with Crippen molar-refractivity contribution in [1.82, 2.24) is 0 Å². The van der Waals surface area contributed by atoms with Gasteiger partial charge >= 0.3 is 35.8 Å². The first-order valence-corrected chi connectivity index (χ1v) is 14.8. The minimum absolute atomic E-state index is 0.0720. The van der Waals surface area contributed by atoms with Crippen molar-refractivity contribution in [2.24, 2.45) is 0 Å². The summed E-state index contributed by atoms with van der Waals surface area (Å²) in [6, 6.07) is 10.9. The Morgan fingerprint density at radius 3 is 1.40 bits per heavy atom. The molecule has 0 aliphatic heterocycles. The smallest absolute Gasteiger partial charge is 0.346 e. The molecule has 0 aliphatic carbocycles. The molecule has 0 fully saturated rings. The summed E-state index contributed by atoms with van der Waals surface area (Å²) in [5.41, 5.74) is 0.743. The van der Waals surface area contributed by atoms with E-state index < -0.39 is 35.8 Å². The first kappa shape index (κ1) is 38.2. The van der Waals surface area contributed by atoms with Gasteiger partial charge in [-0.05, 0) is 67.4 Å². The van der Waals surface area contributed by atoms with E-state index in [0.29, 0.717) is 0 Å². The Hall–Kier alpha value is -4.80. The summed E-state index contributed by atoms with van der Waals surface area (Å²) in [6.07, 6.45) is 14.1. The molecule has 11 heteroatoms. The van der Waals surface area contributed by atoms with Gasteiger partial charge in [-0.2, -0.15) is 0 Å². The second kappa shape index (κ2) is 22.7. The third-order valence-electron chi connectivity index (χ3n) is 6.33. The summed E-state index contributed by atoms with van der Waals surface area (Å²) < 4.78 is 18.7. The first-order valence-electron chi connectivity index (χ1n) is 14.8. The van der Waals surface area contributed by atoms with Crippen LogP contribution in [0.15, 0.2) is 60.9 Å². The minimum Gasteiger partial charge on any atom is -0.481 e. The van der Waals surface area contributed by atoms with E-state index in [9.17, 15) is 28.8 Å². The summed E-state index contributed by atoms with van der Waals surface area (Å²) in [4.78, 5) is 67.9. The van der Waals surface area contributed by atoms with E-state index in [1.54, 1.807) is 0 Å². The number of carbonyl (C=O) groups excluding carboxylic acids is 5. The monoisotopic (exact) mass is 626 g/mol. The number of methoxy groups -OCH3 is 2. The second-order valence-electron chi connectivity index (χ2n) is 9.83. The van der Waals surface area contributed by atoms with Gasteiger partial charge in [-0.3, -0.25) is 9.59 Å². The number of aliphatic carboxylic acids is 1. The molecule has 1 N–H and O–H groups in total. The van der Waals surface area contributed by atoms with E-state index >= 15 is 0 Å². The van der Waals surface area contributed by atoms with Crippen molar-refractivity contribution in [2.75, 3.05) is 14.2 Å². The quantitative estimate of drug-likeness (QED) is 0.0654. The molecule has 0 aromatic heterocycles. The van der Waals surface area contributed by atoms with Crippen LogP contribution in [0.1, 0.15) is 119 Å². The van der Waals surface area contributed by atoms with Crippen molar-refractivity contribution in [2.45, 2.75) is 77.6 Å². The lowest BCUT2D eigenvalue weighted by Gasteiger charge is -2.05. The van der Waals surface area contributed by atoms with Crippen molar-refractivity contribution in [3.8, 4) is 0 Å². The van der Waals surface area contributed by atoms with Crippen LogP contribution in [0, 0.1) is 0 Å². The van der Waals surface area contributed by atoms with Gasteiger partial charge < -0.3 is 24.1 Å². The SMILES string of the molecule is CCCCCCCCCCC=COC(=O)CCC(=O)O.COC(=O)c1ccc(C(=O)OC(=O)c2ccc(C(=O)OC)cc2)cc1. The summed E-state index contributed by atoms with van der Waals surface area (Å²) in [7, 11) is 2.49. The Morgan fingerprint density at radius 2 is 1.00 bits per heavy atom. The zero-order valence-electron chi connectivity index (χ0n) is 26.1. The topological polar surface area (TPSA) is 160 Å². The van der Waals surface area contributed by atoms with Crippen LogP contribution in [0.4, 0.5) is 0 Å². The summed E-state index contributed by atoms with van der Waals surface area (Å²) in [5, 5.41) is 8.40. The molecule has 0 amide bonds. The number of hydrogen-bond acceptors (Lipinski definition) is 10. The highest BCUT2D eigenvalue weighted by Crippen LogP contribution is 2.12. The number of carbonyl (C=O) groups is 6. The first-order chi connectivity index (χ1) is 21.6. The molecule has 244 valence electrons. The Morgan fingerprint density at radius 1 is 0.600 bits per heavy atom. The van der Waals surface area contributed by atoms with Crippen molar-refractivity contribution in [3.63, 3.8) is 0 Å². The van der Waals surface area contributed by atoms with Gasteiger partial charge in [-0.25, -0.2) is 19.2 Å². The fourth-order valence-corrected chi connectivity index (χ4v) is 3.78. The predicted molar refractivity (Wildman–Crippen MR) is 165 cm³/mol. The molecule has 45 heavy (non-hydrogen) atoms. The van der Waals surface area contributed by atoms with E-state index in [-0.39, 0.29) is 35.1 Å². The molecule has 11 nitrogen and oxygen atoms in total. The number of carboxylic acids is 1. The number of allylic oxidation sites excluding steroid dienone is 1. The number of benzene rings is 2. The maximum Gasteiger partial charge on any atom is 0.346 e. The van der Waals surface area contributed by atoms with Crippen molar-refractivity contribution in [3.05, 3.63) is 83.1 Å². The van der Waals surface area contributed by atoms with Crippen LogP contribution >= 0.6 is 0 Å². The molecule has 0 radical (unpaired) electrons. The molecule has 0 bridgehead atoms. The van der Waals surface area contributed by atoms with Gasteiger partial charge in [-0.1, -0.05) is 51.9 Å². The van der Waals surface area contributed by atoms with Gasteiger partial charge in [0.25, 0.3) is 0 Å². The molecule has 0 heterocycles. The van der Waals surface area contributed by atoms with Crippen LogP contribution in [0.5, 0.6) is 0 Å². The average Bonchev–Trinajstić information content (AvgIpc) is 3.05. The summed E-state index contributed by atoms with van der Waals surface area (Å²) >= 11 is 0. The van der Waals surface area contributed by atoms with Crippen LogP contribution in [0.2, 0.25) is 0 Å². The lowest BCUT2D eigenvalue weighted by atomic mass is 10.1. The number of rotatable bonds is 17. The van der Waals surface area contributed by atoms with E-state index in [1.165, 1.54) is 114 Å². The predicted octanol–water partition coefficient (Wildman–Crippen LogP) is 6.70. The Bertz CT molecular complexity index is 1190. The van der Waals surface area contributed by atoms with Gasteiger partial charge in [0.2, 0.25) is 0 Å². The van der Waals surface area contributed by atoms with Crippen molar-refractivity contribution >= 4 is 35.8 Å². The highest BCUT2D eigenvalue weighted by molar-refractivity contribution is 6.03. The molecule has 0 unspecified atom stereocenters. The van der Waals surface area contributed by atoms with Crippen molar-refractivity contribution in [1.29, 1.82) is 0 Å². The van der Waals surface area contributed by atoms with Crippen LogP contribution in [-0.2, 0) is 28.5 Å². The second-order valence-corrected chi connectivity index (χ2v) is 9.83. The zero-order chi connectivity index (χ0) is 33.5. The molecular formula is C34H42O11. The summed E-state index contributed by atoms with van der Waals surface area (Å²) in [6.45, 7) is 2.22. The Labute approximate surface area is 263 Å². The lowest BCUT2D eigenvalue weighted by molar-refractivity contribution is -0.144. The van der Waals surface area contributed by atoms with Gasteiger partial charge in [-0.15, -0.1) is 0 Å². The van der Waals surface area contributed by atoms with Gasteiger partial charge in [0.1, 0.15) is 0 Å². The van der Waals surface area contributed by atoms with E-state index in [2.05, 4.69) is 16.4 Å². The van der Waals surface area contributed by atoms with E-state index in [4.69, 9.17) is 14.6 Å². The Kier molecular flexibility index (Phi) is 19.3. The van der Waals surface area contributed by atoms with Crippen LogP contribution < -0.4 is 0 Å². The molecule has 2 aromatic rings. The molecule has 0 aliphatic rings. The third kappa shape index (κ3) is 16.6. The summed E-state index contributed by atoms with van der Waals surface area (Å²) in [5.74, 6) is -4.27. The normalized spacial score (nSPS) is 10.3. The molecule has 0 saturated carbocycles. The molecule has 0 atom stereocenters. The molecule has 0 saturated heterocycles. The standard InChI is InChI=1S/C18H14O7.C16H28O4/c1-23-15(19)11-3-7-13(8-4-11)17(21)25-18(22)14-9-5-12(6-10-14)16(20)24-2;1-2-3-4-5-6-7-8-9-10-11-14-20-16(19)13-12-15(17)18/h3-10H,1-2H3;11,14H,2-10,12-13H2,1H3,(H,17,18). The van der Waals surface area contributed by atoms with Crippen LogP contribution in [-0.4, -0.2) is 55.1 Å². The molecule has 2 aromatic carbocycles. The highest BCUT2D eigenvalue weighted by Gasteiger charge is 2.16. The number of carboxylic acid groups (broad SMARTS) is 1. The number of unbranched alkanes of at least 4 members (excludes halogenated alkanes) is 8. The lowest BCUT2D eigenvalue weighted by Crippen LogP contribution is -2.13. The fourth-order valence-electron chi connectivity index (χ4n) is 3.78. The van der Waals surface area contributed by atoms with Gasteiger partial charge in [0, 0.05) is 0 Å². The Balaban J connectivity index is 0.000000463. The highest BCUT2D eigenvalue weighted by atomic mass is 16.6. The molecule has 0 spiro atoms. The maximum absolute atomic E-state index is 12.0. The number of hydrogen-bond donors (Lipinski definition) is 1. The zero-order valence-corrected chi connectivity index (χ0v) is 26.1. The van der Waals surface area contributed by atoms with E-state index in [1.807, 2.05) is 6.08 Å². The third-order valence-corrected chi connectivity index (χ3v) is 6.33. The van der Waals surface area contributed by atoms with Gasteiger partial charge in [0.05, 0.1) is 55.6 Å². The average molecular weight is 627 g/mol. The van der Waals surface area contributed by atoms with Crippen LogP contribution in [0.25, 0.3) is 0 Å². The van der Waals surface area contributed by atoms with Gasteiger partial charge in [0.15, 0.2) is 0 Å². The minimum atomic E-state index is -0.982.